The highest BCUT2D eigenvalue weighted by Gasteiger charge is 2.35. The van der Waals surface area contributed by atoms with Crippen molar-refractivity contribution in [3.05, 3.63) is 69.5 Å². The van der Waals surface area contributed by atoms with E-state index in [-0.39, 0.29) is 11.9 Å². The summed E-state index contributed by atoms with van der Waals surface area (Å²) in [6.45, 7) is 0.666. The number of carbonyl (C=O) groups excluding carboxylic acids is 1. The summed E-state index contributed by atoms with van der Waals surface area (Å²) in [5, 5.41) is 4.68. The highest BCUT2D eigenvalue weighted by Crippen LogP contribution is 2.34. The topological polar surface area (TPSA) is 59.2 Å². The zero-order valence-corrected chi connectivity index (χ0v) is 16.1. The van der Waals surface area contributed by atoms with E-state index < -0.39 is 0 Å². The van der Waals surface area contributed by atoms with Crippen LogP contribution in [0.1, 0.15) is 35.1 Å². The molecule has 0 aliphatic carbocycles. The third-order valence-corrected chi connectivity index (χ3v) is 5.35. The summed E-state index contributed by atoms with van der Waals surface area (Å²) in [5.41, 5.74) is 1.42. The van der Waals surface area contributed by atoms with Crippen molar-refractivity contribution in [1.29, 1.82) is 0 Å². The normalized spacial score (nSPS) is 16.8. The minimum Gasteiger partial charge on any atom is -0.337 e. The van der Waals surface area contributed by atoms with Gasteiger partial charge in [-0.1, -0.05) is 41.0 Å². The summed E-state index contributed by atoms with van der Waals surface area (Å²) in [5.74, 6) is 0.892. The molecule has 0 radical (unpaired) electrons. The summed E-state index contributed by atoms with van der Waals surface area (Å²) in [4.78, 5) is 19.3. The van der Waals surface area contributed by atoms with E-state index in [9.17, 15) is 4.79 Å². The standard InChI is InChI=1S/C19H15BrClN3O2/c20-15-8-2-1-7-14(15)19(25)24-10-4-9-16(24)18-22-17(23-26-18)12-5-3-6-13(21)11-12/h1-3,5-8,11,16H,4,9-10H2. The van der Waals surface area contributed by atoms with Gasteiger partial charge in [0.05, 0.1) is 5.56 Å². The Bertz CT molecular complexity index is 959. The highest BCUT2D eigenvalue weighted by molar-refractivity contribution is 9.10. The SMILES string of the molecule is O=C(c1ccccc1Br)N1CCCC1c1nc(-c2cccc(Cl)c2)no1. The van der Waals surface area contributed by atoms with Gasteiger partial charge < -0.3 is 9.42 Å². The molecule has 2 aromatic carbocycles. The number of hydrogen-bond acceptors (Lipinski definition) is 4. The van der Waals surface area contributed by atoms with Crippen molar-refractivity contribution in [3.63, 3.8) is 0 Å². The Morgan fingerprint density at radius 3 is 2.88 bits per heavy atom. The lowest BCUT2D eigenvalue weighted by molar-refractivity contribution is 0.0709. The molecule has 7 heteroatoms. The average Bonchev–Trinajstić information content (AvgIpc) is 3.31. The fourth-order valence-corrected chi connectivity index (χ4v) is 3.82. The number of rotatable bonds is 3. The van der Waals surface area contributed by atoms with Crippen LogP contribution in [-0.4, -0.2) is 27.5 Å². The molecule has 1 unspecified atom stereocenters. The maximum atomic E-state index is 13.0. The highest BCUT2D eigenvalue weighted by atomic mass is 79.9. The molecular weight excluding hydrogens is 418 g/mol. The maximum absolute atomic E-state index is 13.0. The molecule has 132 valence electrons. The Morgan fingerprint density at radius 2 is 2.08 bits per heavy atom. The summed E-state index contributed by atoms with van der Waals surface area (Å²) in [6.07, 6.45) is 1.70. The smallest absolute Gasteiger partial charge is 0.255 e. The summed E-state index contributed by atoms with van der Waals surface area (Å²) in [6, 6.07) is 14.5. The van der Waals surface area contributed by atoms with Crippen molar-refractivity contribution in [3.8, 4) is 11.4 Å². The van der Waals surface area contributed by atoms with Gasteiger partial charge in [-0.15, -0.1) is 0 Å². The molecule has 1 atom stereocenters. The van der Waals surface area contributed by atoms with Gasteiger partial charge in [0.15, 0.2) is 0 Å². The number of amides is 1. The molecular formula is C19H15BrClN3O2. The van der Waals surface area contributed by atoms with E-state index in [2.05, 4.69) is 26.1 Å². The number of halogens is 2. The molecule has 1 aromatic heterocycles. The average molecular weight is 433 g/mol. The van der Waals surface area contributed by atoms with E-state index in [0.717, 1.165) is 22.9 Å². The molecule has 0 bridgehead atoms. The Labute approximate surface area is 164 Å². The molecule has 1 amide bonds. The number of likely N-dealkylation sites (tertiary alicyclic amines) is 1. The van der Waals surface area contributed by atoms with Gasteiger partial charge in [-0.3, -0.25) is 4.79 Å². The first-order chi connectivity index (χ1) is 12.6. The van der Waals surface area contributed by atoms with Crippen LogP contribution in [0.2, 0.25) is 5.02 Å². The van der Waals surface area contributed by atoms with Crippen molar-refractivity contribution >= 4 is 33.4 Å². The number of aromatic nitrogens is 2. The van der Waals surface area contributed by atoms with Crippen molar-refractivity contribution in [2.75, 3.05) is 6.54 Å². The Kier molecular flexibility index (Phi) is 4.78. The van der Waals surface area contributed by atoms with E-state index in [0.29, 0.717) is 28.8 Å². The van der Waals surface area contributed by atoms with Gasteiger partial charge in [0.25, 0.3) is 5.91 Å². The largest absolute Gasteiger partial charge is 0.337 e. The first-order valence-corrected chi connectivity index (χ1v) is 9.45. The Balaban J connectivity index is 1.61. The number of nitrogens with zero attached hydrogens (tertiary/aromatic N) is 3. The van der Waals surface area contributed by atoms with E-state index in [1.54, 1.807) is 17.0 Å². The van der Waals surface area contributed by atoms with Gasteiger partial charge in [0.2, 0.25) is 11.7 Å². The van der Waals surface area contributed by atoms with Gasteiger partial charge in [-0.2, -0.15) is 4.98 Å². The molecule has 1 aliphatic rings. The quantitative estimate of drug-likeness (QED) is 0.576. The summed E-state index contributed by atoms with van der Waals surface area (Å²) >= 11 is 9.48. The number of benzene rings is 2. The second kappa shape index (κ2) is 7.21. The summed E-state index contributed by atoms with van der Waals surface area (Å²) < 4.78 is 6.26. The monoisotopic (exact) mass is 431 g/mol. The summed E-state index contributed by atoms with van der Waals surface area (Å²) in [7, 11) is 0. The van der Waals surface area contributed by atoms with E-state index >= 15 is 0 Å². The lowest BCUT2D eigenvalue weighted by Gasteiger charge is -2.22. The molecule has 0 N–H and O–H groups in total. The minimum absolute atomic E-state index is 0.0394. The molecule has 2 heterocycles. The molecule has 3 aromatic rings. The maximum Gasteiger partial charge on any atom is 0.255 e. The fraction of sp³-hybridized carbons (Fsp3) is 0.211. The van der Waals surface area contributed by atoms with Gasteiger partial charge in [0.1, 0.15) is 6.04 Å². The van der Waals surface area contributed by atoms with Crippen molar-refractivity contribution in [2.45, 2.75) is 18.9 Å². The third kappa shape index (κ3) is 3.27. The third-order valence-electron chi connectivity index (χ3n) is 4.43. The van der Waals surface area contributed by atoms with Crippen LogP contribution < -0.4 is 0 Å². The van der Waals surface area contributed by atoms with Crippen molar-refractivity contribution in [2.24, 2.45) is 0 Å². The Morgan fingerprint density at radius 1 is 1.23 bits per heavy atom. The molecule has 1 saturated heterocycles. The number of hydrogen-bond donors (Lipinski definition) is 0. The van der Waals surface area contributed by atoms with Crippen LogP contribution in [0, 0.1) is 0 Å². The molecule has 4 rings (SSSR count). The van der Waals surface area contributed by atoms with Crippen LogP contribution in [-0.2, 0) is 0 Å². The van der Waals surface area contributed by atoms with Crippen LogP contribution in [0.25, 0.3) is 11.4 Å². The van der Waals surface area contributed by atoms with Crippen molar-refractivity contribution < 1.29 is 9.32 Å². The second-order valence-electron chi connectivity index (χ2n) is 6.10. The van der Waals surface area contributed by atoms with E-state index in [4.69, 9.17) is 16.1 Å². The van der Waals surface area contributed by atoms with Crippen LogP contribution in [0.4, 0.5) is 0 Å². The predicted molar refractivity (Wildman–Crippen MR) is 102 cm³/mol. The zero-order valence-electron chi connectivity index (χ0n) is 13.7. The predicted octanol–water partition coefficient (Wildman–Crippen LogP) is 5.13. The number of carbonyl (C=O) groups is 1. The molecule has 1 fully saturated rings. The lowest BCUT2D eigenvalue weighted by atomic mass is 10.1. The molecule has 1 aliphatic heterocycles. The second-order valence-corrected chi connectivity index (χ2v) is 7.39. The van der Waals surface area contributed by atoms with Crippen LogP contribution in [0.15, 0.2) is 57.5 Å². The van der Waals surface area contributed by atoms with Crippen LogP contribution in [0.5, 0.6) is 0 Å². The lowest BCUT2D eigenvalue weighted by Crippen LogP contribution is -2.31. The van der Waals surface area contributed by atoms with Crippen molar-refractivity contribution in [1.82, 2.24) is 15.0 Å². The first kappa shape index (κ1) is 17.2. The zero-order chi connectivity index (χ0) is 18.1. The first-order valence-electron chi connectivity index (χ1n) is 8.28. The Hall–Kier alpha value is -2.18. The van der Waals surface area contributed by atoms with Crippen LogP contribution in [0.3, 0.4) is 0 Å². The molecule has 5 nitrogen and oxygen atoms in total. The fourth-order valence-electron chi connectivity index (χ4n) is 3.17. The van der Waals surface area contributed by atoms with Gasteiger partial charge >= 0.3 is 0 Å². The van der Waals surface area contributed by atoms with Gasteiger partial charge in [0, 0.05) is 21.6 Å². The molecule has 0 saturated carbocycles. The van der Waals surface area contributed by atoms with Gasteiger partial charge in [-0.05, 0) is 53.0 Å². The van der Waals surface area contributed by atoms with Gasteiger partial charge in [-0.25, -0.2) is 0 Å². The van der Waals surface area contributed by atoms with E-state index in [1.807, 2.05) is 36.4 Å². The molecule has 0 spiro atoms. The van der Waals surface area contributed by atoms with Crippen LogP contribution >= 0.6 is 27.5 Å². The van der Waals surface area contributed by atoms with E-state index in [1.165, 1.54) is 0 Å². The minimum atomic E-state index is -0.213. The molecule has 26 heavy (non-hydrogen) atoms.